The van der Waals surface area contributed by atoms with Crippen LogP contribution in [0.3, 0.4) is 0 Å². The summed E-state index contributed by atoms with van der Waals surface area (Å²) in [4.78, 5) is 11.8. The standard InChI is InChI=1S/C12H13ClO3/c13-6-2-1-3-10(14)9-4-5-11-12(7-9)16-8-15-11/h4-5,7H,1-3,6,8H2. The van der Waals surface area contributed by atoms with Crippen molar-refractivity contribution in [3.63, 3.8) is 0 Å². The Bertz CT molecular complexity index is 390. The van der Waals surface area contributed by atoms with Gasteiger partial charge in [0.15, 0.2) is 17.3 Å². The van der Waals surface area contributed by atoms with Gasteiger partial charge in [0.05, 0.1) is 0 Å². The van der Waals surface area contributed by atoms with E-state index in [9.17, 15) is 4.79 Å². The van der Waals surface area contributed by atoms with Crippen LogP contribution >= 0.6 is 11.6 Å². The van der Waals surface area contributed by atoms with Gasteiger partial charge < -0.3 is 9.47 Å². The van der Waals surface area contributed by atoms with Crippen LogP contribution in [0.4, 0.5) is 0 Å². The van der Waals surface area contributed by atoms with Gasteiger partial charge in [0, 0.05) is 17.9 Å². The van der Waals surface area contributed by atoms with Crippen LogP contribution in [-0.4, -0.2) is 18.5 Å². The molecular weight excluding hydrogens is 228 g/mol. The molecule has 1 heterocycles. The molecule has 0 fully saturated rings. The van der Waals surface area contributed by atoms with Crippen molar-refractivity contribution in [1.29, 1.82) is 0 Å². The Labute approximate surface area is 99.3 Å². The SMILES string of the molecule is O=C(CCCCCl)c1ccc2c(c1)OCO2. The number of Topliss-reactive ketones (excluding diaryl/α,β-unsaturated/α-hetero) is 1. The lowest BCUT2D eigenvalue weighted by atomic mass is 10.1. The smallest absolute Gasteiger partial charge is 0.231 e. The minimum atomic E-state index is 0.128. The summed E-state index contributed by atoms with van der Waals surface area (Å²) in [5, 5.41) is 0. The molecule has 0 radical (unpaired) electrons. The van der Waals surface area contributed by atoms with Gasteiger partial charge in [0.2, 0.25) is 6.79 Å². The van der Waals surface area contributed by atoms with E-state index in [0.29, 0.717) is 29.4 Å². The minimum absolute atomic E-state index is 0.128. The third-order valence-electron chi connectivity index (χ3n) is 2.48. The first-order valence-corrected chi connectivity index (χ1v) is 5.83. The van der Waals surface area contributed by atoms with E-state index in [1.807, 2.05) is 0 Å². The van der Waals surface area contributed by atoms with E-state index in [1.54, 1.807) is 18.2 Å². The van der Waals surface area contributed by atoms with Crippen molar-refractivity contribution in [2.24, 2.45) is 0 Å². The van der Waals surface area contributed by atoms with E-state index in [2.05, 4.69) is 0 Å². The van der Waals surface area contributed by atoms with Crippen LogP contribution in [0.15, 0.2) is 18.2 Å². The van der Waals surface area contributed by atoms with E-state index in [4.69, 9.17) is 21.1 Å². The second-order valence-corrected chi connectivity index (χ2v) is 4.02. The molecule has 1 aromatic rings. The molecule has 2 rings (SSSR count). The molecule has 0 saturated carbocycles. The first-order chi connectivity index (χ1) is 7.81. The van der Waals surface area contributed by atoms with Gasteiger partial charge in [-0.1, -0.05) is 0 Å². The van der Waals surface area contributed by atoms with Gasteiger partial charge in [-0.15, -0.1) is 11.6 Å². The van der Waals surface area contributed by atoms with Crippen LogP contribution in [0.25, 0.3) is 0 Å². The van der Waals surface area contributed by atoms with Gasteiger partial charge in [0.25, 0.3) is 0 Å². The molecule has 0 amide bonds. The molecule has 0 bridgehead atoms. The molecule has 0 aliphatic carbocycles. The molecule has 16 heavy (non-hydrogen) atoms. The summed E-state index contributed by atoms with van der Waals surface area (Å²) in [6.07, 6.45) is 2.24. The number of unbranched alkanes of at least 4 members (excludes halogenated alkanes) is 1. The van der Waals surface area contributed by atoms with Crippen LogP contribution in [0.2, 0.25) is 0 Å². The quantitative estimate of drug-likeness (QED) is 0.451. The summed E-state index contributed by atoms with van der Waals surface area (Å²) in [6, 6.07) is 5.29. The maximum Gasteiger partial charge on any atom is 0.231 e. The van der Waals surface area contributed by atoms with Crippen LogP contribution in [0, 0.1) is 0 Å². The predicted octanol–water partition coefficient (Wildman–Crippen LogP) is 3.01. The van der Waals surface area contributed by atoms with Crippen LogP contribution in [0.1, 0.15) is 29.6 Å². The average Bonchev–Trinajstić information content (AvgIpc) is 2.76. The normalized spacial score (nSPS) is 12.8. The van der Waals surface area contributed by atoms with Gasteiger partial charge in [-0.05, 0) is 31.0 Å². The molecule has 4 heteroatoms. The number of ketones is 1. The summed E-state index contributed by atoms with van der Waals surface area (Å²) in [5.41, 5.74) is 0.679. The number of benzene rings is 1. The molecule has 0 saturated heterocycles. The zero-order chi connectivity index (χ0) is 11.4. The highest BCUT2D eigenvalue weighted by atomic mass is 35.5. The number of alkyl halides is 1. The monoisotopic (exact) mass is 240 g/mol. The molecule has 1 aliphatic rings. The van der Waals surface area contributed by atoms with Crippen LogP contribution in [0.5, 0.6) is 11.5 Å². The Balaban J connectivity index is 2.01. The van der Waals surface area contributed by atoms with E-state index in [-0.39, 0.29) is 12.6 Å². The molecule has 1 aromatic carbocycles. The highest BCUT2D eigenvalue weighted by Gasteiger charge is 2.15. The van der Waals surface area contributed by atoms with E-state index in [0.717, 1.165) is 12.8 Å². The number of carbonyl (C=O) groups excluding carboxylic acids is 1. The largest absolute Gasteiger partial charge is 0.454 e. The maximum absolute atomic E-state index is 11.8. The first kappa shape index (κ1) is 11.3. The van der Waals surface area contributed by atoms with Gasteiger partial charge in [-0.25, -0.2) is 0 Å². The number of carbonyl (C=O) groups is 1. The maximum atomic E-state index is 11.8. The highest BCUT2D eigenvalue weighted by Crippen LogP contribution is 2.32. The molecule has 0 aromatic heterocycles. The molecule has 0 N–H and O–H groups in total. The number of hydrogen-bond acceptors (Lipinski definition) is 3. The Kier molecular flexibility index (Phi) is 3.67. The first-order valence-electron chi connectivity index (χ1n) is 5.30. The van der Waals surface area contributed by atoms with Crippen LogP contribution < -0.4 is 9.47 Å². The van der Waals surface area contributed by atoms with Crippen molar-refractivity contribution in [2.45, 2.75) is 19.3 Å². The van der Waals surface area contributed by atoms with Crippen molar-refractivity contribution in [3.8, 4) is 11.5 Å². The Hall–Kier alpha value is -1.22. The lowest BCUT2D eigenvalue weighted by Crippen LogP contribution is -1.99. The molecular formula is C12H13ClO3. The fourth-order valence-corrected chi connectivity index (χ4v) is 1.78. The fraction of sp³-hybridized carbons (Fsp3) is 0.417. The number of fused-ring (bicyclic) bond motifs is 1. The lowest BCUT2D eigenvalue weighted by Gasteiger charge is -2.01. The van der Waals surface area contributed by atoms with Gasteiger partial charge in [0.1, 0.15) is 0 Å². The van der Waals surface area contributed by atoms with Crippen molar-refractivity contribution >= 4 is 17.4 Å². The molecule has 3 nitrogen and oxygen atoms in total. The molecule has 1 aliphatic heterocycles. The molecule has 0 unspecified atom stereocenters. The second-order valence-electron chi connectivity index (χ2n) is 3.64. The van der Waals surface area contributed by atoms with E-state index < -0.39 is 0 Å². The Morgan fingerprint density at radius 2 is 2.06 bits per heavy atom. The number of halogens is 1. The minimum Gasteiger partial charge on any atom is -0.454 e. The molecule has 86 valence electrons. The molecule has 0 spiro atoms. The number of ether oxygens (including phenoxy) is 2. The van der Waals surface area contributed by atoms with Crippen molar-refractivity contribution < 1.29 is 14.3 Å². The predicted molar refractivity (Wildman–Crippen MR) is 61.5 cm³/mol. The average molecular weight is 241 g/mol. The van der Waals surface area contributed by atoms with E-state index >= 15 is 0 Å². The van der Waals surface area contributed by atoms with Gasteiger partial charge in [-0.3, -0.25) is 4.79 Å². The summed E-state index contributed by atoms with van der Waals surface area (Å²) < 4.78 is 10.4. The van der Waals surface area contributed by atoms with Crippen molar-refractivity contribution in [1.82, 2.24) is 0 Å². The topological polar surface area (TPSA) is 35.5 Å². The summed E-state index contributed by atoms with van der Waals surface area (Å²) >= 11 is 5.56. The fourth-order valence-electron chi connectivity index (χ4n) is 1.59. The van der Waals surface area contributed by atoms with E-state index in [1.165, 1.54) is 0 Å². The second kappa shape index (κ2) is 5.21. The third-order valence-corrected chi connectivity index (χ3v) is 2.75. The Morgan fingerprint density at radius 3 is 2.88 bits per heavy atom. The summed E-state index contributed by atoms with van der Waals surface area (Å²) in [6.45, 7) is 0.235. The lowest BCUT2D eigenvalue weighted by molar-refractivity contribution is 0.0979. The van der Waals surface area contributed by atoms with Crippen LogP contribution in [-0.2, 0) is 0 Å². The van der Waals surface area contributed by atoms with Crippen molar-refractivity contribution in [2.75, 3.05) is 12.7 Å². The highest BCUT2D eigenvalue weighted by molar-refractivity contribution is 6.17. The van der Waals surface area contributed by atoms with Gasteiger partial charge in [-0.2, -0.15) is 0 Å². The van der Waals surface area contributed by atoms with Crippen molar-refractivity contribution in [3.05, 3.63) is 23.8 Å². The third kappa shape index (κ3) is 2.47. The summed E-state index contributed by atoms with van der Waals surface area (Å²) in [7, 11) is 0. The summed E-state index contributed by atoms with van der Waals surface area (Å²) in [5.74, 6) is 2.10. The zero-order valence-electron chi connectivity index (χ0n) is 8.87. The number of hydrogen-bond donors (Lipinski definition) is 0. The Morgan fingerprint density at radius 1 is 1.25 bits per heavy atom. The van der Waals surface area contributed by atoms with Gasteiger partial charge >= 0.3 is 0 Å². The zero-order valence-corrected chi connectivity index (χ0v) is 9.63. The molecule has 0 atom stereocenters. The number of rotatable bonds is 5.